The Balaban J connectivity index is 1.85. The number of fused-ring (bicyclic) bond motifs is 2. The molecule has 2 bridgehead atoms. The zero-order valence-electron chi connectivity index (χ0n) is 7.82. The van der Waals surface area contributed by atoms with Gasteiger partial charge in [-0.25, -0.2) is 0 Å². The summed E-state index contributed by atoms with van der Waals surface area (Å²) in [5, 5.41) is 0. The van der Waals surface area contributed by atoms with Crippen LogP contribution in [-0.4, -0.2) is 12.6 Å². The van der Waals surface area contributed by atoms with E-state index in [1.54, 1.807) is 0 Å². The van der Waals surface area contributed by atoms with Crippen molar-refractivity contribution in [1.29, 1.82) is 0 Å². The maximum absolute atomic E-state index is 2.58. The molecule has 1 nitrogen and oxygen atoms in total. The number of para-hydroxylation sites is 1. The molecule has 0 atom stereocenters. The lowest BCUT2D eigenvalue weighted by molar-refractivity contribution is 0.193. The topological polar surface area (TPSA) is 3.24 Å². The monoisotopic (exact) mass is 173 g/mol. The third kappa shape index (κ3) is 1.14. The Labute approximate surface area is 79.4 Å². The number of benzene rings is 1. The quantitative estimate of drug-likeness (QED) is 0.631. The van der Waals surface area contributed by atoms with E-state index in [4.69, 9.17) is 0 Å². The first-order chi connectivity index (χ1) is 6.43. The van der Waals surface area contributed by atoms with E-state index in [0.29, 0.717) is 0 Å². The molecule has 4 rings (SSSR count). The molecule has 0 N–H and O–H groups in total. The van der Waals surface area contributed by atoms with Crippen LogP contribution in [0, 0.1) is 5.92 Å². The van der Waals surface area contributed by atoms with Gasteiger partial charge in [0.25, 0.3) is 0 Å². The number of hydrogen-bond donors (Lipinski definition) is 0. The van der Waals surface area contributed by atoms with Gasteiger partial charge in [0.05, 0.1) is 0 Å². The highest BCUT2D eigenvalue weighted by atomic mass is 15.2. The molecule has 13 heavy (non-hydrogen) atoms. The molecular weight excluding hydrogens is 158 g/mol. The lowest BCUT2D eigenvalue weighted by Gasteiger charge is -2.50. The van der Waals surface area contributed by atoms with Crippen LogP contribution in [0.5, 0.6) is 0 Å². The number of rotatable bonds is 1. The molecule has 3 aliphatic rings. The Kier molecular flexibility index (Phi) is 1.58. The second kappa shape index (κ2) is 2.76. The Morgan fingerprint density at radius 1 is 1.08 bits per heavy atom. The third-order valence-corrected chi connectivity index (χ3v) is 3.52. The van der Waals surface area contributed by atoms with Gasteiger partial charge in [-0.05, 0) is 37.3 Å². The predicted molar refractivity (Wildman–Crippen MR) is 54.9 cm³/mol. The van der Waals surface area contributed by atoms with Crippen LogP contribution in [0.3, 0.4) is 0 Å². The molecule has 1 aromatic rings. The number of piperidine rings is 2. The molecule has 1 saturated carbocycles. The number of anilines is 1. The molecule has 2 saturated heterocycles. The molecule has 0 radical (unpaired) electrons. The molecule has 0 unspecified atom stereocenters. The first kappa shape index (κ1) is 7.43. The van der Waals surface area contributed by atoms with Crippen LogP contribution in [0.25, 0.3) is 0 Å². The Morgan fingerprint density at radius 3 is 2.46 bits per heavy atom. The summed E-state index contributed by atoms with van der Waals surface area (Å²) in [5.74, 6) is 1.06. The molecule has 0 amide bonds. The summed E-state index contributed by atoms with van der Waals surface area (Å²) in [4.78, 5) is 2.58. The fourth-order valence-electron chi connectivity index (χ4n) is 2.65. The minimum atomic E-state index is 0.862. The first-order valence-corrected chi connectivity index (χ1v) is 5.25. The predicted octanol–water partition coefficient (Wildman–Crippen LogP) is 2.68. The zero-order valence-corrected chi connectivity index (χ0v) is 7.82. The van der Waals surface area contributed by atoms with E-state index in [1.165, 1.54) is 31.5 Å². The fraction of sp³-hybridized carbons (Fsp3) is 0.500. The summed E-state index contributed by atoms with van der Waals surface area (Å²) in [5.41, 5.74) is 1.42. The van der Waals surface area contributed by atoms with Gasteiger partial charge in [-0.2, -0.15) is 0 Å². The highest BCUT2D eigenvalue weighted by Gasteiger charge is 2.38. The lowest BCUT2D eigenvalue weighted by atomic mass is 9.73. The normalized spacial score (nSPS) is 31.2. The second-order valence-electron chi connectivity index (χ2n) is 4.31. The van der Waals surface area contributed by atoms with E-state index in [2.05, 4.69) is 35.2 Å². The van der Waals surface area contributed by atoms with Crippen LogP contribution in [-0.2, 0) is 0 Å². The summed E-state index contributed by atoms with van der Waals surface area (Å²) >= 11 is 0. The van der Waals surface area contributed by atoms with Gasteiger partial charge < -0.3 is 4.90 Å². The van der Waals surface area contributed by atoms with Gasteiger partial charge in [0.15, 0.2) is 0 Å². The van der Waals surface area contributed by atoms with Gasteiger partial charge in [0.1, 0.15) is 0 Å². The molecule has 3 fully saturated rings. The van der Waals surface area contributed by atoms with Crippen LogP contribution in [0.1, 0.15) is 19.3 Å². The van der Waals surface area contributed by atoms with Crippen LogP contribution in [0.4, 0.5) is 5.69 Å². The Bertz CT molecular complexity index is 284. The van der Waals surface area contributed by atoms with E-state index in [9.17, 15) is 0 Å². The average molecular weight is 173 g/mol. The van der Waals surface area contributed by atoms with Crippen LogP contribution < -0.4 is 4.90 Å². The molecule has 2 heterocycles. The van der Waals surface area contributed by atoms with Crippen LogP contribution in [0.15, 0.2) is 30.3 Å². The maximum Gasteiger partial charge on any atom is 0.0368 e. The lowest BCUT2D eigenvalue weighted by Crippen LogP contribution is -2.51. The number of nitrogens with zero attached hydrogens (tertiary/aromatic N) is 1. The smallest absolute Gasteiger partial charge is 0.0368 e. The van der Waals surface area contributed by atoms with Crippen molar-refractivity contribution >= 4 is 5.69 Å². The maximum atomic E-state index is 2.58. The molecule has 0 aromatic heterocycles. The van der Waals surface area contributed by atoms with Gasteiger partial charge in [-0.15, -0.1) is 0 Å². The van der Waals surface area contributed by atoms with Crippen molar-refractivity contribution in [3.63, 3.8) is 0 Å². The summed E-state index contributed by atoms with van der Waals surface area (Å²) in [6, 6.07) is 11.7. The standard InChI is InChI=1S/C12H15N/c1-2-4-11(5-3-1)13-7-6-10-8-12(13)9-10/h1-5,10,12H,6-9H2. The van der Waals surface area contributed by atoms with E-state index in [0.717, 1.165) is 12.0 Å². The van der Waals surface area contributed by atoms with Crippen molar-refractivity contribution in [3.8, 4) is 0 Å². The van der Waals surface area contributed by atoms with Gasteiger partial charge in [0, 0.05) is 18.3 Å². The zero-order chi connectivity index (χ0) is 8.67. The highest BCUT2D eigenvalue weighted by molar-refractivity contribution is 5.48. The van der Waals surface area contributed by atoms with Crippen LogP contribution >= 0.6 is 0 Å². The van der Waals surface area contributed by atoms with E-state index >= 15 is 0 Å². The Morgan fingerprint density at radius 2 is 1.85 bits per heavy atom. The minimum absolute atomic E-state index is 0.862. The fourth-order valence-corrected chi connectivity index (χ4v) is 2.65. The first-order valence-electron chi connectivity index (χ1n) is 5.25. The van der Waals surface area contributed by atoms with Crippen molar-refractivity contribution in [2.24, 2.45) is 5.92 Å². The molecule has 1 aliphatic carbocycles. The van der Waals surface area contributed by atoms with Crippen molar-refractivity contribution in [2.45, 2.75) is 25.3 Å². The third-order valence-electron chi connectivity index (χ3n) is 3.52. The summed E-state index contributed by atoms with van der Waals surface area (Å²) < 4.78 is 0. The summed E-state index contributed by atoms with van der Waals surface area (Å²) in [7, 11) is 0. The molecule has 2 aliphatic heterocycles. The number of hydrogen-bond acceptors (Lipinski definition) is 1. The summed E-state index contributed by atoms with van der Waals surface area (Å²) in [6.07, 6.45) is 4.29. The van der Waals surface area contributed by atoms with Crippen molar-refractivity contribution in [2.75, 3.05) is 11.4 Å². The molecule has 0 spiro atoms. The van der Waals surface area contributed by atoms with Gasteiger partial charge in [-0.1, -0.05) is 18.2 Å². The van der Waals surface area contributed by atoms with E-state index in [1.807, 2.05) is 0 Å². The van der Waals surface area contributed by atoms with Crippen LogP contribution in [0.2, 0.25) is 0 Å². The SMILES string of the molecule is c1ccc(N2CCC3CC2C3)cc1. The minimum Gasteiger partial charge on any atom is -0.369 e. The van der Waals surface area contributed by atoms with Crippen molar-refractivity contribution in [3.05, 3.63) is 30.3 Å². The molecule has 1 aromatic carbocycles. The van der Waals surface area contributed by atoms with E-state index < -0.39 is 0 Å². The molecule has 68 valence electrons. The highest BCUT2D eigenvalue weighted by Crippen LogP contribution is 2.41. The Hall–Kier alpha value is -0.980. The second-order valence-corrected chi connectivity index (χ2v) is 4.31. The van der Waals surface area contributed by atoms with Crippen molar-refractivity contribution < 1.29 is 0 Å². The summed E-state index contributed by atoms with van der Waals surface area (Å²) in [6.45, 7) is 1.28. The van der Waals surface area contributed by atoms with Gasteiger partial charge in [-0.3, -0.25) is 0 Å². The van der Waals surface area contributed by atoms with Gasteiger partial charge >= 0.3 is 0 Å². The van der Waals surface area contributed by atoms with E-state index in [-0.39, 0.29) is 0 Å². The van der Waals surface area contributed by atoms with Crippen molar-refractivity contribution in [1.82, 2.24) is 0 Å². The average Bonchev–Trinajstić information content (AvgIpc) is 2.18. The van der Waals surface area contributed by atoms with Gasteiger partial charge in [0.2, 0.25) is 0 Å². The largest absolute Gasteiger partial charge is 0.369 e. The molecular formula is C12H15N. The molecule has 1 heteroatoms.